The Morgan fingerprint density at radius 1 is 1.19 bits per heavy atom. The maximum absolute atomic E-state index is 14.3. The first kappa shape index (κ1) is 22.9. The number of halogens is 6. The molecule has 0 aliphatic heterocycles. The minimum absolute atomic E-state index is 0.189. The van der Waals surface area contributed by atoms with Gasteiger partial charge in [0, 0.05) is 11.9 Å². The minimum atomic E-state index is -5.16. The summed E-state index contributed by atoms with van der Waals surface area (Å²) in [6.07, 6.45) is -4.97. The summed E-state index contributed by atoms with van der Waals surface area (Å²) in [5.74, 6) is -4.61. The molecule has 12 heteroatoms. The number of carboxylic acid groups (broad SMARTS) is 1. The van der Waals surface area contributed by atoms with E-state index in [9.17, 15) is 31.9 Å². The van der Waals surface area contributed by atoms with E-state index in [4.69, 9.17) is 21.5 Å². The molecule has 0 saturated heterocycles. The third-order valence-electron chi connectivity index (χ3n) is 4.14. The lowest BCUT2D eigenvalue weighted by molar-refractivity contribution is -0.0896. The van der Waals surface area contributed by atoms with Gasteiger partial charge in [0.25, 0.3) is 0 Å². The normalized spacial score (nSPS) is 12.3. The van der Waals surface area contributed by atoms with E-state index in [1.165, 1.54) is 12.1 Å². The third kappa shape index (κ3) is 4.47. The Balaban J connectivity index is 2.29. The number of carbonyl (C=O) groups is 1. The fourth-order valence-electron chi connectivity index (χ4n) is 2.82. The van der Waals surface area contributed by atoms with Crippen molar-refractivity contribution >= 4 is 35.0 Å². The number of hydrogen-bond donors (Lipinski definition) is 3. The van der Waals surface area contributed by atoms with E-state index in [0.717, 1.165) is 30.3 Å². The van der Waals surface area contributed by atoms with Gasteiger partial charge in [-0.15, -0.1) is 0 Å². The molecule has 3 aromatic rings. The number of anilines is 1. The van der Waals surface area contributed by atoms with Crippen molar-refractivity contribution in [3.05, 3.63) is 76.1 Å². The number of hydrogen-bond acceptors (Lipinski definition) is 5. The highest BCUT2D eigenvalue weighted by atomic mass is 35.5. The molecule has 1 aromatic heterocycles. The molecule has 3 rings (SSSR count). The number of aromatic carboxylic acids is 1. The molecular formula is C20H11ClF5N3O3. The van der Waals surface area contributed by atoms with Crippen molar-refractivity contribution in [3.63, 3.8) is 0 Å². The molecule has 3 N–H and O–H groups in total. The molecule has 166 valence electrons. The van der Waals surface area contributed by atoms with Gasteiger partial charge < -0.3 is 20.4 Å². The maximum Gasteiger partial charge on any atom is 0.432 e. The van der Waals surface area contributed by atoms with Crippen LogP contribution < -0.4 is 5.32 Å². The number of alkyl halides is 3. The van der Waals surface area contributed by atoms with Gasteiger partial charge in [-0.2, -0.15) is 13.2 Å². The zero-order valence-corrected chi connectivity index (χ0v) is 16.4. The number of aromatic nitrogens is 1. The van der Waals surface area contributed by atoms with Gasteiger partial charge in [-0.05, 0) is 30.3 Å². The summed E-state index contributed by atoms with van der Waals surface area (Å²) in [7, 11) is 0. The van der Waals surface area contributed by atoms with Gasteiger partial charge in [0.1, 0.15) is 28.6 Å². The topological polar surface area (TPSA) is 99.2 Å². The molecule has 0 amide bonds. The van der Waals surface area contributed by atoms with E-state index in [0.29, 0.717) is 0 Å². The number of nitrogens with one attached hydrogen (secondary N) is 2. The van der Waals surface area contributed by atoms with Crippen LogP contribution >= 0.6 is 11.6 Å². The van der Waals surface area contributed by atoms with E-state index < -0.39 is 57.6 Å². The summed E-state index contributed by atoms with van der Waals surface area (Å²) in [5, 5.41) is 22.2. The zero-order chi connectivity index (χ0) is 23.6. The molecule has 0 aliphatic carbocycles. The number of nitrogens with zero attached hydrogens (tertiary/aromatic N) is 1. The van der Waals surface area contributed by atoms with Crippen LogP contribution in [0.4, 0.5) is 27.6 Å². The first-order valence-corrected chi connectivity index (χ1v) is 8.94. The monoisotopic (exact) mass is 471 g/mol. The lowest BCUT2D eigenvalue weighted by atomic mass is 10.0. The zero-order valence-electron chi connectivity index (χ0n) is 15.6. The second-order valence-corrected chi connectivity index (χ2v) is 6.61. The molecule has 0 unspecified atom stereocenters. The summed E-state index contributed by atoms with van der Waals surface area (Å²) in [4.78, 5) is 11.9. The standard InChI is InChI=1S/C20H11ClF5N3O3/c21-12-5-2-6-13(23)14(12)16-15(19(30)31)17(32-29-16)11(8-27)18(20(24,25)26)28-10-4-1-3-9(22)7-10/h1-8,27-28H,(H,30,31)/b18-11+,27-8?. The summed E-state index contributed by atoms with van der Waals surface area (Å²) in [6, 6.07) is 7.43. The SMILES string of the molecule is N=C/C(=C(\Nc1cccc(F)c1)C(F)(F)F)c1onc(-c2c(F)cccc2Cl)c1C(=O)O. The smallest absolute Gasteiger partial charge is 0.432 e. The Morgan fingerprint density at radius 3 is 2.44 bits per heavy atom. The van der Waals surface area contributed by atoms with Crippen LogP contribution in [0, 0.1) is 17.0 Å². The van der Waals surface area contributed by atoms with Gasteiger partial charge in [-0.1, -0.05) is 28.9 Å². The van der Waals surface area contributed by atoms with Crippen molar-refractivity contribution in [2.75, 3.05) is 5.32 Å². The Morgan fingerprint density at radius 2 is 1.88 bits per heavy atom. The van der Waals surface area contributed by atoms with Crippen molar-refractivity contribution in [2.45, 2.75) is 6.18 Å². The molecule has 32 heavy (non-hydrogen) atoms. The Kier molecular flexibility index (Phi) is 6.30. The van der Waals surface area contributed by atoms with Gasteiger partial charge >= 0.3 is 12.1 Å². The van der Waals surface area contributed by atoms with Gasteiger partial charge in [-0.25, -0.2) is 13.6 Å². The fraction of sp³-hybridized carbons (Fsp3) is 0.0500. The van der Waals surface area contributed by atoms with Crippen LogP contribution in [0.25, 0.3) is 16.8 Å². The molecule has 6 nitrogen and oxygen atoms in total. The molecular weight excluding hydrogens is 461 g/mol. The average molecular weight is 472 g/mol. The molecule has 0 fully saturated rings. The van der Waals surface area contributed by atoms with Crippen molar-refractivity contribution in [1.29, 1.82) is 5.41 Å². The molecule has 0 spiro atoms. The van der Waals surface area contributed by atoms with Crippen molar-refractivity contribution < 1.29 is 36.4 Å². The van der Waals surface area contributed by atoms with Crippen LogP contribution in [0.1, 0.15) is 16.1 Å². The lowest BCUT2D eigenvalue weighted by Crippen LogP contribution is -2.22. The molecule has 0 bridgehead atoms. The van der Waals surface area contributed by atoms with Crippen molar-refractivity contribution in [1.82, 2.24) is 5.16 Å². The maximum atomic E-state index is 14.3. The summed E-state index contributed by atoms with van der Waals surface area (Å²) in [5.41, 5.74) is -5.13. The van der Waals surface area contributed by atoms with Crippen LogP contribution in [0.3, 0.4) is 0 Å². The van der Waals surface area contributed by atoms with Crippen molar-refractivity contribution in [2.24, 2.45) is 0 Å². The predicted molar refractivity (Wildman–Crippen MR) is 106 cm³/mol. The summed E-state index contributed by atoms with van der Waals surface area (Å²) >= 11 is 5.92. The molecule has 0 radical (unpaired) electrons. The quantitative estimate of drug-likeness (QED) is 0.302. The molecule has 0 atom stereocenters. The van der Waals surface area contributed by atoms with E-state index >= 15 is 0 Å². The first-order chi connectivity index (χ1) is 15.0. The van der Waals surface area contributed by atoms with Gasteiger partial charge in [0.05, 0.1) is 16.2 Å². The highest BCUT2D eigenvalue weighted by Gasteiger charge is 2.40. The van der Waals surface area contributed by atoms with Crippen LogP contribution in [0.5, 0.6) is 0 Å². The highest BCUT2D eigenvalue weighted by molar-refractivity contribution is 6.33. The first-order valence-electron chi connectivity index (χ1n) is 8.56. The number of benzene rings is 2. The Bertz CT molecular complexity index is 1220. The summed E-state index contributed by atoms with van der Waals surface area (Å²) in [6.45, 7) is 0. The van der Waals surface area contributed by atoms with Crippen LogP contribution in [0.15, 0.2) is 52.7 Å². The largest absolute Gasteiger partial charge is 0.477 e. The average Bonchev–Trinajstić information content (AvgIpc) is 3.12. The Labute approximate surface area is 181 Å². The third-order valence-corrected chi connectivity index (χ3v) is 4.46. The van der Waals surface area contributed by atoms with Gasteiger partial charge in [-0.3, -0.25) is 0 Å². The molecule has 0 aliphatic rings. The van der Waals surface area contributed by atoms with E-state index in [-0.39, 0.29) is 16.9 Å². The second kappa shape index (κ2) is 8.79. The number of allylic oxidation sites excluding steroid dienone is 2. The van der Waals surface area contributed by atoms with Crippen LogP contribution in [-0.4, -0.2) is 28.6 Å². The summed E-state index contributed by atoms with van der Waals surface area (Å²) < 4.78 is 74.0. The van der Waals surface area contributed by atoms with E-state index in [1.807, 2.05) is 5.32 Å². The van der Waals surface area contributed by atoms with E-state index in [2.05, 4.69) is 5.16 Å². The van der Waals surface area contributed by atoms with Crippen LogP contribution in [-0.2, 0) is 0 Å². The van der Waals surface area contributed by atoms with Crippen LogP contribution in [0.2, 0.25) is 5.02 Å². The number of rotatable bonds is 6. The van der Waals surface area contributed by atoms with Gasteiger partial charge in [0.2, 0.25) is 0 Å². The fourth-order valence-corrected chi connectivity index (χ4v) is 3.07. The Hall–Kier alpha value is -3.73. The van der Waals surface area contributed by atoms with Gasteiger partial charge in [0.15, 0.2) is 5.76 Å². The highest BCUT2D eigenvalue weighted by Crippen LogP contribution is 2.38. The predicted octanol–water partition coefficient (Wildman–Crippen LogP) is 6.01. The minimum Gasteiger partial charge on any atom is -0.477 e. The molecule has 2 aromatic carbocycles. The lowest BCUT2D eigenvalue weighted by Gasteiger charge is -2.17. The van der Waals surface area contributed by atoms with E-state index in [1.54, 1.807) is 0 Å². The molecule has 0 saturated carbocycles. The number of carboxylic acids is 1. The molecule has 1 heterocycles. The van der Waals surface area contributed by atoms with Crippen molar-refractivity contribution in [3.8, 4) is 11.3 Å². The second-order valence-electron chi connectivity index (χ2n) is 6.20.